The smallest absolute Gasteiger partial charge is 0.274 e. The molecular formula is C14H20N2O3S2. The van der Waals surface area contributed by atoms with E-state index in [-0.39, 0.29) is 11.6 Å². The molecule has 0 saturated carbocycles. The first-order valence-corrected chi connectivity index (χ1v) is 9.20. The molecule has 5 nitrogen and oxygen atoms in total. The zero-order valence-electron chi connectivity index (χ0n) is 12.1. The summed E-state index contributed by atoms with van der Waals surface area (Å²) in [5.41, 5.74) is 0.939. The van der Waals surface area contributed by atoms with Gasteiger partial charge in [-0.25, -0.2) is 13.1 Å². The maximum absolute atomic E-state index is 12.1. The topological polar surface area (TPSA) is 71.3 Å². The number of hydrogen-bond acceptors (Lipinski definition) is 5. The van der Waals surface area contributed by atoms with Crippen LogP contribution in [0.15, 0.2) is 38.5 Å². The second kappa shape index (κ2) is 7.22. The SMILES string of the molecule is CC(C)CNCc1ccc(S(=O)(=O)NCc2ccsc2)o1. The highest BCUT2D eigenvalue weighted by Crippen LogP contribution is 2.15. The molecule has 21 heavy (non-hydrogen) atoms. The van der Waals surface area contributed by atoms with E-state index in [1.54, 1.807) is 6.07 Å². The van der Waals surface area contributed by atoms with Crippen molar-refractivity contribution in [2.45, 2.75) is 32.0 Å². The summed E-state index contributed by atoms with van der Waals surface area (Å²) in [6.07, 6.45) is 0. The van der Waals surface area contributed by atoms with Crippen LogP contribution in [0.4, 0.5) is 0 Å². The van der Waals surface area contributed by atoms with Gasteiger partial charge in [-0.05, 0) is 47.0 Å². The Morgan fingerprint density at radius 1 is 1.24 bits per heavy atom. The lowest BCUT2D eigenvalue weighted by Crippen LogP contribution is -2.22. The van der Waals surface area contributed by atoms with Gasteiger partial charge in [0.05, 0.1) is 6.54 Å². The fraction of sp³-hybridized carbons (Fsp3) is 0.429. The Bertz CT molecular complexity index is 646. The van der Waals surface area contributed by atoms with E-state index >= 15 is 0 Å². The molecule has 0 unspecified atom stereocenters. The fourth-order valence-electron chi connectivity index (χ4n) is 1.72. The Hall–Kier alpha value is -1.15. The number of nitrogens with one attached hydrogen (secondary N) is 2. The monoisotopic (exact) mass is 328 g/mol. The summed E-state index contributed by atoms with van der Waals surface area (Å²) >= 11 is 1.53. The van der Waals surface area contributed by atoms with Crippen molar-refractivity contribution >= 4 is 21.4 Å². The van der Waals surface area contributed by atoms with Crippen molar-refractivity contribution < 1.29 is 12.8 Å². The Balaban J connectivity index is 1.92. The van der Waals surface area contributed by atoms with Crippen molar-refractivity contribution in [2.24, 2.45) is 5.92 Å². The molecule has 0 aliphatic heterocycles. The van der Waals surface area contributed by atoms with Crippen molar-refractivity contribution in [3.8, 4) is 0 Å². The lowest BCUT2D eigenvalue weighted by atomic mass is 10.2. The quantitative estimate of drug-likeness (QED) is 0.781. The summed E-state index contributed by atoms with van der Waals surface area (Å²) in [5.74, 6) is 1.15. The average molecular weight is 328 g/mol. The predicted octanol–water partition coefficient (Wildman–Crippen LogP) is 2.57. The molecule has 0 aliphatic rings. The molecule has 0 aromatic carbocycles. The molecule has 116 valence electrons. The van der Waals surface area contributed by atoms with Gasteiger partial charge in [0, 0.05) is 6.54 Å². The summed E-state index contributed by atoms with van der Waals surface area (Å²) in [6, 6.07) is 5.06. The van der Waals surface area contributed by atoms with Crippen LogP contribution in [-0.4, -0.2) is 15.0 Å². The molecular weight excluding hydrogens is 308 g/mol. The first-order chi connectivity index (χ1) is 9.97. The van der Waals surface area contributed by atoms with Crippen LogP contribution in [0.1, 0.15) is 25.2 Å². The third-order valence-electron chi connectivity index (χ3n) is 2.80. The molecule has 0 amide bonds. The predicted molar refractivity (Wildman–Crippen MR) is 83.6 cm³/mol. The summed E-state index contributed by atoms with van der Waals surface area (Å²) in [4.78, 5) is 0. The van der Waals surface area contributed by atoms with Crippen LogP contribution in [0.25, 0.3) is 0 Å². The molecule has 0 radical (unpaired) electrons. The lowest BCUT2D eigenvalue weighted by Gasteiger charge is -2.05. The van der Waals surface area contributed by atoms with Gasteiger partial charge in [0.15, 0.2) is 0 Å². The van der Waals surface area contributed by atoms with Gasteiger partial charge >= 0.3 is 0 Å². The molecule has 2 aromatic rings. The molecule has 0 atom stereocenters. The van der Waals surface area contributed by atoms with E-state index in [0.29, 0.717) is 18.2 Å². The molecule has 0 fully saturated rings. The normalized spacial score (nSPS) is 12.1. The Labute approximate surface area is 129 Å². The standard InChI is InChI=1S/C14H20N2O3S2/c1-11(2)7-15-9-13-3-4-14(19-13)21(17,18)16-8-12-5-6-20-10-12/h3-6,10-11,15-16H,7-9H2,1-2H3. The number of rotatable bonds is 8. The maximum Gasteiger partial charge on any atom is 0.274 e. The van der Waals surface area contributed by atoms with E-state index in [9.17, 15) is 8.42 Å². The van der Waals surface area contributed by atoms with Crippen molar-refractivity contribution in [3.05, 3.63) is 40.3 Å². The fourth-order valence-corrected chi connectivity index (χ4v) is 3.36. The van der Waals surface area contributed by atoms with Crippen molar-refractivity contribution in [2.75, 3.05) is 6.54 Å². The molecule has 0 bridgehead atoms. The van der Waals surface area contributed by atoms with E-state index in [0.717, 1.165) is 12.1 Å². The van der Waals surface area contributed by atoms with Gasteiger partial charge in [0.25, 0.3) is 10.0 Å². The highest BCUT2D eigenvalue weighted by atomic mass is 32.2. The zero-order valence-corrected chi connectivity index (χ0v) is 13.8. The second-order valence-electron chi connectivity index (χ2n) is 5.20. The van der Waals surface area contributed by atoms with Crippen molar-refractivity contribution in [1.82, 2.24) is 10.0 Å². The van der Waals surface area contributed by atoms with Crippen LogP contribution in [0, 0.1) is 5.92 Å². The summed E-state index contributed by atoms with van der Waals surface area (Å²) < 4.78 is 32.1. The van der Waals surface area contributed by atoms with Crippen LogP contribution < -0.4 is 10.0 Å². The molecule has 2 heterocycles. The molecule has 0 spiro atoms. The van der Waals surface area contributed by atoms with Crippen molar-refractivity contribution in [3.63, 3.8) is 0 Å². The molecule has 2 N–H and O–H groups in total. The molecule has 7 heteroatoms. The van der Waals surface area contributed by atoms with Gasteiger partial charge in [0.1, 0.15) is 5.76 Å². The lowest BCUT2D eigenvalue weighted by molar-refractivity contribution is 0.394. The highest BCUT2D eigenvalue weighted by molar-refractivity contribution is 7.89. The summed E-state index contributed by atoms with van der Waals surface area (Å²) in [5, 5.41) is 6.99. The number of sulfonamides is 1. The van der Waals surface area contributed by atoms with Crippen LogP contribution in [0.5, 0.6) is 0 Å². The van der Waals surface area contributed by atoms with Crippen LogP contribution in [0.2, 0.25) is 0 Å². The number of thiophene rings is 1. The van der Waals surface area contributed by atoms with E-state index in [2.05, 4.69) is 23.9 Å². The second-order valence-corrected chi connectivity index (χ2v) is 7.68. The largest absolute Gasteiger partial charge is 0.447 e. The molecule has 2 aromatic heterocycles. The van der Waals surface area contributed by atoms with Crippen molar-refractivity contribution in [1.29, 1.82) is 0 Å². The molecule has 2 rings (SSSR count). The minimum Gasteiger partial charge on any atom is -0.447 e. The molecule has 0 aliphatic carbocycles. The van der Waals surface area contributed by atoms with E-state index in [1.165, 1.54) is 17.4 Å². The van der Waals surface area contributed by atoms with Gasteiger partial charge < -0.3 is 9.73 Å². The van der Waals surface area contributed by atoms with E-state index in [1.807, 2.05) is 16.8 Å². The maximum atomic E-state index is 12.1. The third-order valence-corrected chi connectivity index (χ3v) is 4.81. The van der Waals surface area contributed by atoms with Gasteiger partial charge in [-0.1, -0.05) is 13.8 Å². The first kappa shape index (κ1) is 16.2. The minimum atomic E-state index is -3.60. The van der Waals surface area contributed by atoms with Gasteiger partial charge in [-0.15, -0.1) is 0 Å². The van der Waals surface area contributed by atoms with Gasteiger partial charge in [0.2, 0.25) is 5.09 Å². The third kappa shape index (κ3) is 4.96. The van der Waals surface area contributed by atoms with Crippen LogP contribution >= 0.6 is 11.3 Å². The van der Waals surface area contributed by atoms with Gasteiger partial charge in [-0.3, -0.25) is 0 Å². The zero-order chi connectivity index (χ0) is 15.3. The van der Waals surface area contributed by atoms with E-state index in [4.69, 9.17) is 4.42 Å². The molecule has 0 saturated heterocycles. The summed E-state index contributed by atoms with van der Waals surface area (Å²) in [7, 11) is -3.60. The van der Waals surface area contributed by atoms with Crippen LogP contribution in [0.3, 0.4) is 0 Å². The number of hydrogen-bond donors (Lipinski definition) is 2. The average Bonchev–Trinajstić information content (AvgIpc) is 3.07. The first-order valence-electron chi connectivity index (χ1n) is 6.77. The Morgan fingerprint density at radius 2 is 2.05 bits per heavy atom. The highest BCUT2D eigenvalue weighted by Gasteiger charge is 2.18. The Morgan fingerprint density at radius 3 is 2.71 bits per heavy atom. The number of furan rings is 1. The Kier molecular flexibility index (Phi) is 5.58. The van der Waals surface area contributed by atoms with Gasteiger partial charge in [-0.2, -0.15) is 11.3 Å². The van der Waals surface area contributed by atoms with Crippen LogP contribution in [-0.2, 0) is 23.1 Å². The minimum absolute atomic E-state index is 0.0425. The summed E-state index contributed by atoms with van der Waals surface area (Å²) in [6.45, 7) is 5.88. The van der Waals surface area contributed by atoms with E-state index < -0.39 is 10.0 Å².